The molecule has 0 N–H and O–H groups in total. The lowest BCUT2D eigenvalue weighted by molar-refractivity contribution is -0.137. The van der Waals surface area contributed by atoms with E-state index in [2.05, 4.69) is 10.2 Å². The number of hydrogen-bond donors (Lipinski definition) is 0. The number of carbonyl (C=O) groups excluding carboxylic acids is 1. The van der Waals surface area contributed by atoms with Gasteiger partial charge >= 0.3 is 6.18 Å². The van der Waals surface area contributed by atoms with Gasteiger partial charge in [0.1, 0.15) is 5.25 Å². The number of thioether (sulfide) groups is 1. The zero-order valence-corrected chi connectivity index (χ0v) is 25.2. The zero-order chi connectivity index (χ0) is 31.4. The maximum absolute atomic E-state index is 13.9. The normalized spacial score (nSPS) is 12.1. The van der Waals surface area contributed by atoms with Gasteiger partial charge in [-0.2, -0.15) is 13.2 Å². The maximum Gasteiger partial charge on any atom is 0.416 e. The Balaban J connectivity index is 1.71. The van der Waals surface area contributed by atoms with Crippen LogP contribution in [0.5, 0.6) is 17.2 Å². The average molecular weight is 640 g/mol. The second-order valence-corrected chi connectivity index (χ2v) is 10.9. The van der Waals surface area contributed by atoms with Gasteiger partial charge in [0.05, 0.1) is 32.6 Å². The smallest absolute Gasteiger partial charge is 0.416 e. The van der Waals surface area contributed by atoms with Gasteiger partial charge in [0.25, 0.3) is 0 Å². The van der Waals surface area contributed by atoms with Gasteiger partial charge in [-0.05, 0) is 60.2 Å². The number of alkyl halides is 3. The highest BCUT2D eigenvalue weighted by Crippen LogP contribution is 2.44. The molecule has 1 heterocycles. The van der Waals surface area contributed by atoms with Crippen LogP contribution in [-0.2, 0) is 6.18 Å². The van der Waals surface area contributed by atoms with Crippen LogP contribution in [0.25, 0.3) is 17.1 Å². The first-order valence-electron chi connectivity index (χ1n) is 13.1. The van der Waals surface area contributed by atoms with Gasteiger partial charge in [0.15, 0.2) is 28.3 Å². The van der Waals surface area contributed by atoms with Crippen LogP contribution in [0.15, 0.2) is 96.2 Å². The summed E-state index contributed by atoms with van der Waals surface area (Å²) in [5.74, 6) is 0.906. The minimum absolute atomic E-state index is 0.141. The predicted molar refractivity (Wildman–Crippen MR) is 162 cm³/mol. The molecular weight excluding hydrogens is 615 g/mol. The highest BCUT2D eigenvalue weighted by molar-refractivity contribution is 8.00. The molecule has 44 heavy (non-hydrogen) atoms. The van der Waals surface area contributed by atoms with Crippen LogP contribution in [0.4, 0.5) is 13.2 Å². The van der Waals surface area contributed by atoms with E-state index in [1.165, 1.54) is 38.0 Å². The van der Waals surface area contributed by atoms with Crippen LogP contribution in [0.1, 0.15) is 26.7 Å². The lowest BCUT2D eigenvalue weighted by atomic mass is 10.0. The molecule has 226 valence electrons. The van der Waals surface area contributed by atoms with Crippen LogP contribution in [0, 0.1) is 0 Å². The number of methoxy groups -OCH3 is 3. The molecule has 0 radical (unpaired) electrons. The highest BCUT2D eigenvalue weighted by atomic mass is 35.5. The Morgan fingerprint density at radius 2 is 1.50 bits per heavy atom. The number of ether oxygens (including phenoxy) is 3. The quantitative estimate of drug-likeness (QED) is 0.112. The summed E-state index contributed by atoms with van der Waals surface area (Å²) in [4.78, 5) is 13.9. The molecule has 5 aromatic rings. The second kappa shape index (κ2) is 13.0. The number of aromatic nitrogens is 3. The van der Waals surface area contributed by atoms with E-state index in [1.54, 1.807) is 60.7 Å². The molecule has 0 saturated carbocycles. The van der Waals surface area contributed by atoms with Crippen molar-refractivity contribution in [1.29, 1.82) is 0 Å². The van der Waals surface area contributed by atoms with Crippen molar-refractivity contribution in [2.24, 2.45) is 0 Å². The molecule has 0 fully saturated rings. The molecule has 0 bridgehead atoms. The molecule has 1 aromatic heterocycles. The number of ketones is 1. The van der Waals surface area contributed by atoms with E-state index >= 15 is 0 Å². The third-order valence-corrected chi connectivity index (χ3v) is 8.13. The van der Waals surface area contributed by atoms with Crippen molar-refractivity contribution in [3.8, 4) is 34.3 Å². The fourth-order valence-electron chi connectivity index (χ4n) is 4.57. The minimum atomic E-state index is -4.60. The third-order valence-electron chi connectivity index (χ3n) is 6.68. The maximum atomic E-state index is 13.9. The van der Waals surface area contributed by atoms with Crippen LogP contribution in [0.3, 0.4) is 0 Å². The van der Waals surface area contributed by atoms with E-state index in [0.29, 0.717) is 39.0 Å². The topological polar surface area (TPSA) is 75.5 Å². The summed E-state index contributed by atoms with van der Waals surface area (Å²) < 4.78 is 59.4. The van der Waals surface area contributed by atoms with Gasteiger partial charge in [-0.1, -0.05) is 59.8 Å². The Bertz CT molecular complexity index is 1760. The fourth-order valence-corrected chi connectivity index (χ4v) is 5.83. The minimum Gasteiger partial charge on any atom is -0.493 e. The molecule has 0 spiro atoms. The van der Waals surface area contributed by atoms with Crippen molar-refractivity contribution in [3.63, 3.8) is 0 Å². The summed E-state index contributed by atoms with van der Waals surface area (Å²) >= 11 is 7.12. The summed E-state index contributed by atoms with van der Waals surface area (Å²) in [6.45, 7) is 0. The SMILES string of the molecule is COc1cc(-c2nnc(S[C@@H](C(=O)c3ccc(Cl)cc3)c3ccccc3)n2-c2cccc(C(F)(F)F)c2)cc(OC)c1OC. The van der Waals surface area contributed by atoms with E-state index in [4.69, 9.17) is 25.8 Å². The average Bonchev–Trinajstić information content (AvgIpc) is 3.46. The van der Waals surface area contributed by atoms with Gasteiger partial charge in [0.2, 0.25) is 5.75 Å². The standard InChI is InChI=1S/C32H25ClF3N3O4S/c1-41-25-16-21(17-26(42-2)28(25)43-3)30-37-38-31(39(30)24-11-7-10-22(18-24)32(34,35)36)44-29(20-8-5-4-6-9-20)27(40)19-12-14-23(33)15-13-19/h4-18,29H,1-3H3/t29-/m1/s1. The molecule has 0 unspecified atom stereocenters. The number of halogens is 4. The van der Waals surface area contributed by atoms with Crippen LogP contribution >= 0.6 is 23.4 Å². The van der Waals surface area contributed by atoms with E-state index < -0.39 is 17.0 Å². The largest absolute Gasteiger partial charge is 0.493 e. The number of hydrogen-bond acceptors (Lipinski definition) is 7. The molecule has 0 aliphatic rings. The van der Waals surface area contributed by atoms with E-state index in [-0.39, 0.29) is 22.5 Å². The summed E-state index contributed by atoms with van der Waals surface area (Å²) in [5, 5.41) is 8.60. The second-order valence-electron chi connectivity index (χ2n) is 9.38. The molecule has 0 saturated heterocycles. The zero-order valence-electron chi connectivity index (χ0n) is 23.6. The van der Waals surface area contributed by atoms with Crippen molar-refractivity contribution in [1.82, 2.24) is 14.8 Å². The third kappa shape index (κ3) is 6.39. The summed E-state index contributed by atoms with van der Waals surface area (Å²) in [7, 11) is 4.36. The summed E-state index contributed by atoms with van der Waals surface area (Å²) in [5.41, 5.74) is 0.793. The van der Waals surface area contributed by atoms with Crippen molar-refractivity contribution < 1.29 is 32.2 Å². The van der Waals surface area contributed by atoms with E-state index in [1.807, 2.05) is 6.07 Å². The molecule has 1 atom stereocenters. The molecule has 0 aliphatic carbocycles. The number of benzene rings is 4. The van der Waals surface area contributed by atoms with Crippen molar-refractivity contribution in [3.05, 3.63) is 113 Å². The molecule has 4 aromatic carbocycles. The predicted octanol–water partition coefficient (Wildman–Crippen LogP) is 8.35. The van der Waals surface area contributed by atoms with Gasteiger partial charge in [-0.15, -0.1) is 10.2 Å². The van der Waals surface area contributed by atoms with E-state index in [9.17, 15) is 18.0 Å². The Morgan fingerprint density at radius 3 is 2.09 bits per heavy atom. The Hall–Kier alpha value is -4.48. The van der Waals surface area contributed by atoms with Crippen LogP contribution in [0.2, 0.25) is 5.02 Å². The van der Waals surface area contributed by atoms with Gasteiger partial charge < -0.3 is 14.2 Å². The monoisotopic (exact) mass is 639 g/mol. The number of Topliss-reactive ketones (excluding diaryl/α,β-unsaturated/α-hetero) is 1. The summed E-state index contributed by atoms with van der Waals surface area (Å²) in [6.07, 6.45) is -4.60. The Morgan fingerprint density at radius 1 is 0.841 bits per heavy atom. The number of rotatable bonds is 10. The molecule has 0 amide bonds. The fraction of sp³-hybridized carbons (Fsp3) is 0.156. The lowest BCUT2D eigenvalue weighted by Crippen LogP contribution is -2.12. The number of nitrogens with zero attached hydrogens (tertiary/aromatic N) is 3. The van der Waals surface area contributed by atoms with Crippen LogP contribution < -0.4 is 14.2 Å². The molecule has 0 aliphatic heterocycles. The molecular formula is C32H25ClF3N3O4S. The molecule has 12 heteroatoms. The number of carbonyl (C=O) groups is 1. The van der Waals surface area contributed by atoms with Crippen molar-refractivity contribution >= 4 is 29.1 Å². The van der Waals surface area contributed by atoms with Gasteiger partial charge in [-0.3, -0.25) is 9.36 Å². The highest BCUT2D eigenvalue weighted by Gasteiger charge is 2.32. The summed E-state index contributed by atoms with van der Waals surface area (Å²) in [6, 6.07) is 23.6. The van der Waals surface area contributed by atoms with Gasteiger partial charge in [0, 0.05) is 16.1 Å². The van der Waals surface area contributed by atoms with Crippen molar-refractivity contribution in [2.45, 2.75) is 16.6 Å². The van der Waals surface area contributed by atoms with Crippen molar-refractivity contribution in [2.75, 3.05) is 21.3 Å². The first kappa shape index (κ1) is 31.0. The van der Waals surface area contributed by atoms with E-state index in [0.717, 1.165) is 23.9 Å². The first-order chi connectivity index (χ1) is 21.1. The molecule has 7 nitrogen and oxygen atoms in total. The lowest BCUT2D eigenvalue weighted by Gasteiger charge is -2.18. The first-order valence-corrected chi connectivity index (χ1v) is 14.3. The molecule has 5 rings (SSSR count). The van der Waals surface area contributed by atoms with Crippen LogP contribution in [-0.4, -0.2) is 41.9 Å². The Labute approximate surface area is 260 Å². The van der Waals surface area contributed by atoms with Gasteiger partial charge in [-0.25, -0.2) is 0 Å². The Kier molecular flexibility index (Phi) is 9.17.